The third kappa shape index (κ3) is 3.55. The average Bonchev–Trinajstić information content (AvgIpc) is 3.19. The summed E-state index contributed by atoms with van der Waals surface area (Å²) in [5.74, 6) is 2.38. The molecule has 2 atom stereocenters. The van der Waals surface area contributed by atoms with E-state index in [2.05, 4.69) is 16.9 Å². The SMILES string of the molecule is CN1CC[C@@H](CC(=O)c2ccc3c(c2Cl)OCCO3)C[C@@H]1c1nc2ccccc2[nH]1. The van der Waals surface area contributed by atoms with Crippen LogP contribution in [0.25, 0.3) is 11.0 Å². The molecule has 3 heterocycles. The lowest BCUT2D eigenvalue weighted by atomic mass is 9.85. The number of likely N-dealkylation sites (tertiary alicyclic amines) is 1. The number of aromatic amines is 1. The Bertz CT molecular complexity index is 1060. The van der Waals surface area contributed by atoms with E-state index in [-0.39, 0.29) is 17.7 Å². The minimum absolute atomic E-state index is 0.0508. The Labute approximate surface area is 180 Å². The molecular formula is C23H24ClN3O3. The van der Waals surface area contributed by atoms with Crippen molar-refractivity contribution >= 4 is 28.4 Å². The van der Waals surface area contributed by atoms with Crippen LogP contribution in [0.2, 0.25) is 5.02 Å². The van der Waals surface area contributed by atoms with Crippen molar-refractivity contribution in [2.75, 3.05) is 26.8 Å². The van der Waals surface area contributed by atoms with Crippen LogP contribution in [0.3, 0.4) is 0 Å². The summed E-state index contributed by atoms with van der Waals surface area (Å²) in [7, 11) is 2.12. The Kier molecular flexibility index (Phi) is 5.13. The molecule has 3 aromatic rings. The third-order valence-corrected chi connectivity index (χ3v) is 6.50. The molecule has 0 radical (unpaired) electrons. The van der Waals surface area contributed by atoms with E-state index in [9.17, 15) is 4.79 Å². The van der Waals surface area contributed by atoms with Crippen LogP contribution in [0.4, 0.5) is 0 Å². The first-order chi connectivity index (χ1) is 14.6. The molecule has 0 unspecified atom stereocenters. The first-order valence-corrected chi connectivity index (χ1v) is 10.7. The number of nitrogens with one attached hydrogen (secondary N) is 1. The number of para-hydroxylation sites is 2. The number of carbonyl (C=O) groups excluding carboxylic acids is 1. The first kappa shape index (κ1) is 19.4. The van der Waals surface area contributed by atoms with E-state index >= 15 is 0 Å². The van der Waals surface area contributed by atoms with Crippen molar-refractivity contribution in [3.63, 3.8) is 0 Å². The second-order valence-corrected chi connectivity index (χ2v) is 8.48. The quantitative estimate of drug-likeness (QED) is 0.616. The van der Waals surface area contributed by atoms with Gasteiger partial charge in [0.25, 0.3) is 0 Å². The number of ketones is 1. The summed E-state index contributed by atoms with van der Waals surface area (Å²) < 4.78 is 11.2. The van der Waals surface area contributed by atoms with Gasteiger partial charge in [0.15, 0.2) is 17.3 Å². The van der Waals surface area contributed by atoms with Crippen LogP contribution in [0, 0.1) is 5.92 Å². The Morgan fingerprint density at radius 1 is 1.23 bits per heavy atom. The number of imidazole rings is 1. The number of piperidine rings is 1. The number of rotatable bonds is 4. The number of ether oxygens (including phenoxy) is 2. The van der Waals surface area contributed by atoms with Crippen LogP contribution in [-0.4, -0.2) is 47.5 Å². The first-order valence-electron chi connectivity index (χ1n) is 10.4. The molecule has 2 aliphatic rings. The number of fused-ring (bicyclic) bond motifs is 2. The van der Waals surface area contributed by atoms with Gasteiger partial charge in [-0.15, -0.1) is 0 Å². The predicted molar refractivity (Wildman–Crippen MR) is 116 cm³/mol. The van der Waals surface area contributed by atoms with Crippen molar-refractivity contribution < 1.29 is 14.3 Å². The maximum atomic E-state index is 13.1. The van der Waals surface area contributed by atoms with Gasteiger partial charge in [-0.2, -0.15) is 0 Å². The summed E-state index contributed by atoms with van der Waals surface area (Å²) in [5.41, 5.74) is 2.53. The number of hydrogen-bond donors (Lipinski definition) is 1. The molecule has 30 heavy (non-hydrogen) atoms. The van der Waals surface area contributed by atoms with E-state index in [1.807, 2.05) is 24.3 Å². The van der Waals surface area contributed by atoms with Crippen LogP contribution < -0.4 is 9.47 Å². The molecule has 0 aliphatic carbocycles. The lowest BCUT2D eigenvalue weighted by Gasteiger charge is -2.35. The number of benzene rings is 2. The molecule has 0 bridgehead atoms. The topological polar surface area (TPSA) is 67.5 Å². The molecule has 2 aliphatic heterocycles. The van der Waals surface area contributed by atoms with Gasteiger partial charge in [0.1, 0.15) is 19.0 Å². The molecule has 2 aromatic carbocycles. The summed E-state index contributed by atoms with van der Waals surface area (Å²) >= 11 is 6.48. The van der Waals surface area contributed by atoms with Gasteiger partial charge < -0.3 is 14.5 Å². The zero-order valence-corrected chi connectivity index (χ0v) is 17.6. The molecular weight excluding hydrogens is 402 g/mol. The highest BCUT2D eigenvalue weighted by molar-refractivity contribution is 6.35. The van der Waals surface area contributed by atoms with E-state index in [1.54, 1.807) is 12.1 Å². The van der Waals surface area contributed by atoms with Gasteiger partial charge in [0, 0.05) is 12.0 Å². The lowest BCUT2D eigenvalue weighted by molar-refractivity contribution is 0.0885. The van der Waals surface area contributed by atoms with Gasteiger partial charge in [0.2, 0.25) is 0 Å². The summed E-state index contributed by atoms with van der Waals surface area (Å²) in [5, 5.41) is 0.360. The Balaban J connectivity index is 1.33. The minimum atomic E-state index is 0.0508. The number of Topliss-reactive ketones (excluding diaryl/α,β-unsaturated/α-hetero) is 1. The molecule has 1 fully saturated rings. The highest BCUT2D eigenvalue weighted by atomic mass is 35.5. The fourth-order valence-electron chi connectivity index (χ4n) is 4.46. The Morgan fingerprint density at radius 2 is 2.07 bits per heavy atom. The molecule has 5 rings (SSSR count). The standard InChI is InChI=1S/C23H24ClN3O3/c1-27-9-8-14(12-18(27)23-25-16-4-2-3-5-17(16)26-23)13-19(28)15-6-7-20-22(21(15)24)30-11-10-29-20/h2-7,14,18H,8-13H2,1H3,(H,25,26)/t14-,18-/m1/s1. The smallest absolute Gasteiger partial charge is 0.180 e. The summed E-state index contributed by atoms with van der Waals surface area (Å²) in [6, 6.07) is 11.8. The number of H-pyrrole nitrogens is 1. The molecule has 7 heteroatoms. The zero-order chi connectivity index (χ0) is 20.7. The number of hydrogen-bond acceptors (Lipinski definition) is 5. The van der Waals surface area contributed by atoms with E-state index in [1.165, 1.54) is 0 Å². The van der Waals surface area contributed by atoms with Gasteiger partial charge in [-0.3, -0.25) is 9.69 Å². The van der Waals surface area contributed by atoms with Gasteiger partial charge in [-0.05, 0) is 56.6 Å². The summed E-state index contributed by atoms with van der Waals surface area (Å²) in [6.07, 6.45) is 2.31. The maximum Gasteiger partial charge on any atom is 0.180 e. The minimum Gasteiger partial charge on any atom is -0.486 e. The third-order valence-electron chi connectivity index (χ3n) is 6.12. The normalized spacial score (nSPS) is 21.7. The van der Waals surface area contributed by atoms with E-state index < -0.39 is 0 Å². The molecule has 156 valence electrons. The van der Waals surface area contributed by atoms with Crippen molar-refractivity contribution in [3.05, 3.63) is 52.8 Å². The van der Waals surface area contributed by atoms with Crippen molar-refractivity contribution in [2.24, 2.45) is 5.92 Å². The van der Waals surface area contributed by atoms with E-state index in [4.69, 9.17) is 26.1 Å². The summed E-state index contributed by atoms with van der Waals surface area (Å²) in [4.78, 5) is 23.6. The number of halogens is 1. The van der Waals surface area contributed by atoms with Crippen LogP contribution in [0.5, 0.6) is 11.5 Å². The molecule has 6 nitrogen and oxygen atoms in total. The molecule has 0 amide bonds. The van der Waals surface area contributed by atoms with Crippen molar-refractivity contribution in [3.8, 4) is 11.5 Å². The number of nitrogens with zero attached hydrogens (tertiary/aromatic N) is 2. The monoisotopic (exact) mass is 425 g/mol. The lowest BCUT2D eigenvalue weighted by Crippen LogP contribution is -2.35. The molecule has 1 saturated heterocycles. The van der Waals surface area contributed by atoms with Gasteiger partial charge in [-0.25, -0.2) is 4.98 Å². The van der Waals surface area contributed by atoms with Crippen LogP contribution in [0.15, 0.2) is 36.4 Å². The predicted octanol–water partition coefficient (Wildman–Crippen LogP) is 4.64. The maximum absolute atomic E-state index is 13.1. The average molecular weight is 426 g/mol. The highest BCUT2D eigenvalue weighted by Crippen LogP contribution is 2.41. The van der Waals surface area contributed by atoms with Gasteiger partial charge >= 0.3 is 0 Å². The second kappa shape index (κ2) is 7.93. The van der Waals surface area contributed by atoms with Crippen molar-refractivity contribution in [2.45, 2.75) is 25.3 Å². The van der Waals surface area contributed by atoms with Crippen LogP contribution >= 0.6 is 11.6 Å². The molecule has 0 saturated carbocycles. The molecule has 1 aromatic heterocycles. The zero-order valence-electron chi connectivity index (χ0n) is 16.9. The number of aromatic nitrogens is 2. The van der Waals surface area contributed by atoms with E-state index in [0.717, 1.165) is 36.2 Å². The summed E-state index contributed by atoms with van der Waals surface area (Å²) in [6.45, 7) is 1.86. The van der Waals surface area contributed by atoms with Crippen LogP contribution in [-0.2, 0) is 0 Å². The fraction of sp³-hybridized carbons (Fsp3) is 0.391. The Hall–Kier alpha value is -2.57. The highest BCUT2D eigenvalue weighted by Gasteiger charge is 2.31. The number of carbonyl (C=O) groups is 1. The van der Waals surface area contributed by atoms with Gasteiger partial charge in [-0.1, -0.05) is 23.7 Å². The van der Waals surface area contributed by atoms with Crippen molar-refractivity contribution in [1.29, 1.82) is 0 Å². The van der Waals surface area contributed by atoms with Crippen LogP contribution in [0.1, 0.15) is 41.5 Å². The van der Waals surface area contributed by atoms with Gasteiger partial charge in [0.05, 0.1) is 22.1 Å². The Morgan fingerprint density at radius 3 is 2.93 bits per heavy atom. The second-order valence-electron chi connectivity index (χ2n) is 8.10. The molecule has 0 spiro atoms. The largest absolute Gasteiger partial charge is 0.486 e. The fourth-order valence-corrected chi connectivity index (χ4v) is 4.78. The van der Waals surface area contributed by atoms with E-state index in [0.29, 0.717) is 41.7 Å². The molecule has 1 N–H and O–H groups in total. The van der Waals surface area contributed by atoms with Crippen molar-refractivity contribution in [1.82, 2.24) is 14.9 Å².